The molecule has 0 saturated heterocycles. The van der Waals surface area contributed by atoms with Crippen LogP contribution in [0.1, 0.15) is 41.6 Å². The van der Waals surface area contributed by atoms with Crippen molar-refractivity contribution < 1.29 is 24.2 Å². The second-order valence-corrected chi connectivity index (χ2v) is 5.64. The number of hydrogen-bond acceptors (Lipinski definition) is 5. The summed E-state index contributed by atoms with van der Waals surface area (Å²) in [6.07, 6.45) is -0.826. The Hall–Kier alpha value is -2.90. The zero-order chi connectivity index (χ0) is 16.7. The van der Waals surface area contributed by atoms with Crippen LogP contribution in [0.3, 0.4) is 0 Å². The molecule has 1 amide bonds. The Balaban J connectivity index is 2.66. The van der Waals surface area contributed by atoms with Crippen molar-refractivity contribution in [2.45, 2.75) is 26.4 Å². The maximum absolute atomic E-state index is 12.2. The topological polar surface area (TPSA) is 125 Å². The molecule has 0 aliphatic carbocycles. The summed E-state index contributed by atoms with van der Waals surface area (Å²) in [5.74, 6) is -1.99. The fourth-order valence-corrected chi connectivity index (χ4v) is 1.87. The molecule has 2 rings (SSSR count). The number of nitrogens with two attached hydrogens (primary N) is 1. The van der Waals surface area contributed by atoms with E-state index in [1.807, 2.05) is 0 Å². The van der Waals surface area contributed by atoms with Crippen LogP contribution in [0.25, 0.3) is 10.9 Å². The van der Waals surface area contributed by atoms with Gasteiger partial charge in [0.15, 0.2) is 5.69 Å². The second kappa shape index (κ2) is 5.14. The number of benzene rings is 1. The van der Waals surface area contributed by atoms with Crippen LogP contribution in [0.2, 0.25) is 0 Å². The highest BCUT2D eigenvalue weighted by molar-refractivity contribution is 6.07. The molecule has 0 bridgehead atoms. The summed E-state index contributed by atoms with van der Waals surface area (Å²) in [5.41, 5.74) is 4.43. The number of carboxylic acids is 1. The smallest absolute Gasteiger partial charge is 0.435 e. The van der Waals surface area contributed by atoms with Crippen LogP contribution < -0.4 is 5.73 Å². The summed E-state index contributed by atoms with van der Waals surface area (Å²) in [5, 5.41) is 13.2. The Morgan fingerprint density at radius 1 is 1.27 bits per heavy atom. The summed E-state index contributed by atoms with van der Waals surface area (Å²) in [4.78, 5) is 34.7. The van der Waals surface area contributed by atoms with Gasteiger partial charge in [-0.05, 0) is 39.0 Å². The first-order valence-corrected chi connectivity index (χ1v) is 6.39. The second-order valence-electron chi connectivity index (χ2n) is 5.64. The van der Waals surface area contributed by atoms with Crippen molar-refractivity contribution in [3.63, 3.8) is 0 Å². The molecule has 116 valence electrons. The van der Waals surface area contributed by atoms with Crippen molar-refractivity contribution in [2.75, 3.05) is 0 Å². The van der Waals surface area contributed by atoms with Gasteiger partial charge in [-0.15, -0.1) is 0 Å². The molecule has 8 nitrogen and oxygen atoms in total. The molecule has 1 aromatic carbocycles. The van der Waals surface area contributed by atoms with Gasteiger partial charge in [-0.1, -0.05) is 0 Å². The molecular formula is C14H15N3O5. The number of carbonyl (C=O) groups is 3. The predicted octanol–water partition coefficient (Wildman–Crippen LogP) is 1.62. The molecule has 22 heavy (non-hydrogen) atoms. The number of carbonyl (C=O) groups excluding carboxylic acids is 2. The molecule has 0 aliphatic rings. The third-order valence-electron chi connectivity index (χ3n) is 2.73. The van der Waals surface area contributed by atoms with Gasteiger partial charge >= 0.3 is 12.1 Å². The highest BCUT2D eigenvalue weighted by Crippen LogP contribution is 2.21. The lowest BCUT2D eigenvalue weighted by atomic mass is 10.1. The number of aromatic carboxylic acids is 1. The number of amides is 1. The number of fused-ring (bicyclic) bond motifs is 1. The molecule has 0 atom stereocenters. The predicted molar refractivity (Wildman–Crippen MR) is 76.8 cm³/mol. The first-order valence-electron chi connectivity index (χ1n) is 6.39. The number of aromatic nitrogens is 2. The Kier molecular flexibility index (Phi) is 3.62. The summed E-state index contributed by atoms with van der Waals surface area (Å²) < 4.78 is 6.03. The minimum absolute atomic E-state index is 0.0479. The fraction of sp³-hybridized carbons (Fsp3) is 0.286. The lowest BCUT2D eigenvalue weighted by Gasteiger charge is -2.19. The van der Waals surface area contributed by atoms with Gasteiger partial charge in [-0.2, -0.15) is 9.78 Å². The minimum Gasteiger partial charge on any atom is -0.478 e. The molecular weight excluding hydrogens is 290 g/mol. The fourth-order valence-electron chi connectivity index (χ4n) is 1.87. The van der Waals surface area contributed by atoms with E-state index < -0.39 is 23.6 Å². The quantitative estimate of drug-likeness (QED) is 0.868. The van der Waals surface area contributed by atoms with E-state index in [9.17, 15) is 14.4 Å². The van der Waals surface area contributed by atoms with Gasteiger partial charge < -0.3 is 15.6 Å². The van der Waals surface area contributed by atoms with Crippen molar-refractivity contribution >= 4 is 28.9 Å². The largest absolute Gasteiger partial charge is 0.478 e. The van der Waals surface area contributed by atoms with E-state index in [2.05, 4.69) is 5.10 Å². The Labute approximate surface area is 125 Å². The molecule has 8 heteroatoms. The lowest BCUT2D eigenvalue weighted by molar-refractivity contribution is 0.0521. The van der Waals surface area contributed by atoms with Crippen LogP contribution in [0, 0.1) is 0 Å². The van der Waals surface area contributed by atoms with Crippen molar-refractivity contribution in [3.05, 3.63) is 29.5 Å². The first-order chi connectivity index (χ1) is 10.1. The van der Waals surface area contributed by atoms with Crippen LogP contribution in [0.4, 0.5) is 4.79 Å². The zero-order valence-electron chi connectivity index (χ0n) is 12.3. The third kappa shape index (κ3) is 2.90. The van der Waals surface area contributed by atoms with Gasteiger partial charge in [0.1, 0.15) is 5.60 Å². The Morgan fingerprint density at radius 2 is 1.91 bits per heavy atom. The van der Waals surface area contributed by atoms with Crippen LogP contribution in [0.15, 0.2) is 18.2 Å². The summed E-state index contributed by atoms with van der Waals surface area (Å²) in [6.45, 7) is 5.02. The van der Waals surface area contributed by atoms with Crippen molar-refractivity contribution in [1.82, 2.24) is 9.78 Å². The molecule has 1 aromatic heterocycles. The van der Waals surface area contributed by atoms with Gasteiger partial charge in [0, 0.05) is 5.39 Å². The standard InChI is InChI=1S/C14H15N3O5/c1-14(2,3)22-13(21)17-9-6-7(12(19)20)4-5-8(9)10(16-17)11(15)18/h4-6H,1-3H3,(H2,15,18)(H,19,20). The van der Waals surface area contributed by atoms with Gasteiger partial charge in [0.2, 0.25) is 0 Å². The maximum atomic E-state index is 12.2. The van der Waals surface area contributed by atoms with E-state index in [0.717, 1.165) is 4.68 Å². The number of ether oxygens (including phenoxy) is 1. The maximum Gasteiger partial charge on any atom is 0.435 e. The number of primary amides is 1. The van der Waals surface area contributed by atoms with E-state index in [1.54, 1.807) is 20.8 Å². The molecule has 0 spiro atoms. The highest BCUT2D eigenvalue weighted by Gasteiger charge is 2.24. The SMILES string of the molecule is CC(C)(C)OC(=O)n1nc(C(N)=O)c2ccc(C(=O)O)cc21. The van der Waals surface area contributed by atoms with Crippen molar-refractivity contribution in [2.24, 2.45) is 5.73 Å². The molecule has 0 saturated carbocycles. The van der Waals surface area contributed by atoms with E-state index >= 15 is 0 Å². The van der Waals surface area contributed by atoms with Crippen molar-refractivity contribution in [1.29, 1.82) is 0 Å². The molecule has 0 radical (unpaired) electrons. The van der Waals surface area contributed by atoms with Gasteiger partial charge in [-0.3, -0.25) is 4.79 Å². The van der Waals surface area contributed by atoms with Crippen LogP contribution in [-0.2, 0) is 4.74 Å². The van der Waals surface area contributed by atoms with Crippen LogP contribution in [-0.4, -0.2) is 38.5 Å². The van der Waals surface area contributed by atoms with Gasteiger partial charge in [0.25, 0.3) is 5.91 Å². The summed E-state index contributed by atoms with van der Waals surface area (Å²) in [6, 6.07) is 3.92. The van der Waals surface area contributed by atoms with E-state index in [1.165, 1.54) is 18.2 Å². The first kappa shape index (κ1) is 15.5. The summed E-state index contributed by atoms with van der Waals surface area (Å²) in [7, 11) is 0. The average Bonchev–Trinajstić information content (AvgIpc) is 2.75. The minimum atomic E-state index is -1.17. The molecule has 0 unspecified atom stereocenters. The van der Waals surface area contributed by atoms with Gasteiger partial charge in [-0.25, -0.2) is 9.59 Å². The Morgan fingerprint density at radius 3 is 2.41 bits per heavy atom. The van der Waals surface area contributed by atoms with Crippen LogP contribution in [0.5, 0.6) is 0 Å². The third-order valence-corrected chi connectivity index (χ3v) is 2.73. The molecule has 2 aromatic rings. The lowest BCUT2D eigenvalue weighted by Crippen LogP contribution is -2.28. The van der Waals surface area contributed by atoms with E-state index in [-0.39, 0.29) is 22.2 Å². The van der Waals surface area contributed by atoms with Crippen LogP contribution >= 0.6 is 0 Å². The molecule has 3 N–H and O–H groups in total. The summed E-state index contributed by atoms with van der Waals surface area (Å²) >= 11 is 0. The number of carboxylic acid groups (broad SMARTS) is 1. The number of hydrogen-bond donors (Lipinski definition) is 2. The van der Waals surface area contributed by atoms with E-state index in [0.29, 0.717) is 0 Å². The highest BCUT2D eigenvalue weighted by atomic mass is 16.6. The number of nitrogens with zero attached hydrogens (tertiary/aromatic N) is 2. The zero-order valence-corrected chi connectivity index (χ0v) is 12.3. The van der Waals surface area contributed by atoms with Crippen molar-refractivity contribution in [3.8, 4) is 0 Å². The molecule has 0 fully saturated rings. The average molecular weight is 305 g/mol. The molecule has 0 aliphatic heterocycles. The van der Waals surface area contributed by atoms with E-state index in [4.69, 9.17) is 15.6 Å². The Bertz CT molecular complexity index is 786. The normalized spacial score (nSPS) is 11.4. The monoisotopic (exact) mass is 305 g/mol. The molecule has 1 heterocycles. The number of rotatable bonds is 2. The van der Waals surface area contributed by atoms with Gasteiger partial charge in [0.05, 0.1) is 11.1 Å².